The van der Waals surface area contributed by atoms with E-state index in [4.69, 9.17) is 4.98 Å². The van der Waals surface area contributed by atoms with Gasteiger partial charge in [0.25, 0.3) is 17.1 Å². The highest BCUT2D eigenvalue weighted by molar-refractivity contribution is 8.18. The molecule has 0 unspecified atom stereocenters. The topological polar surface area (TPSA) is 129 Å². The summed E-state index contributed by atoms with van der Waals surface area (Å²) in [4.78, 5) is 53.5. The predicted octanol–water partition coefficient (Wildman–Crippen LogP) is 5.95. The van der Waals surface area contributed by atoms with Crippen molar-refractivity contribution in [3.05, 3.63) is 125 Å². The van der Waals surface area contributed by atoms with Gasteiger partial charge in [-0.2, -0.15) is 0 Å². The average Bonchev–Trinajstić information content (AvgIpc) is 3.46. The number of hydrogen-bond donors (Lipinski definition) is 3. The smallest absolute Gasteiger partial charge is 0.290 e. The third-order valence-electron chi connectivity index (χ3n) is 8.77. The summed E-state index contributed by atoms with van der Waals surface area (Å²) in [5.74, 6) is 0.572. The van der Waals surface area contributed by atoms with Gasteiger partial charge in [-0.25, -0.2) is 9.97 Å². The number of imide groups is 1. The van der Waals surface area contributed by atoms with Gasteiger partial charge in [0, 0.05) is 48.9 Å². The van der Waals surface area contributed by atoms with E-state index < -0.39 is 5.91 Å². The minimum atomic E-state index is -0.398. The van der Waals surface area contributed by atoms with Gasteiger partial charge in [0.15, 0.2) is 0 Å². The number of nitrogens with zero attached hydrogens (tertiary/aromatic N) is 4. The van der Waals surface area contributed by atoms with Crippen molar-refractivity contribution < 1.29 is 14.4 Å². The van der Waals surface area contributed by atoms with Crippen LogP contribution in [0.25, 0.3) is 28.1 Å². The number of anilines is 1. The van der Waals surface area contributed by atoms with E-state index in [1.54, 1.807) is 18.3 Å². The fraction of sp³-hybridized carbons (Fsp3) is 0.211. The van der Waals surface area contributed by atoms with Gasteiger partial charge in [-0.1, -0.05) is 72.8 Å². The van der Waals surface area contributed by atoms with Crippen molar-refractivity contribution in [2.75, 3.05) is 24.5 Å². The predicted molar refractivity (Wildman–Crippen MR) is 193 cm³/mol. The summed E-state index contributed by atoms with van der Waals surface area (Å²) in [6.07, 6.45) is 5.27. The van der Waals surface area contributed by atoms with E-state index in [2.05, 4.69) is 49.0 Å². The number of rotatable bonds is 10. The number of aromatic nitrogens is 3. The van der Waals surface area contributed by atoms with Crippen molar-refractivity contribution in [3.63, 3.8) is 0 Å². The molecule has 0 spiro atoms. The van der Waals surface area contributed by atoms with Crippen LogP contribution in [0.4, 0.5) is 10.7 Å². The highest BCUT2D eigenvalue weighted by Gasteiger charge is 2.26. The van der Waals surface area contributed by atoms with Crippen LogP contribution in [0.3, 0.4) is 0 Å². The van der Waals surface area contributed by atoms with Crippen LogP contribution >= 0.6 is 11.8 Å². The highest BCUT2D eigenvalue weighted by atomic mass is 32.2. The van der Waals surface area contributed by atoms with E-state index in [1.165, 1.54) is 0 Å². The van der Waals surface area contributed by atoms with Crippen LogP contribution in [0.2, 0.25) is 0 Å². The minimum Gasteiger partial charge on any atom is -0.348 e. The average molecular weight is 670 g/mol. The number of pyridine rings is 1. The molecule has 2 aromatic heterocycles. The fourth-order valence-electron chi connectivity index (χ4n) is 6.20. The molecular weight excluding hydrogens is 635 g/mol. The summed E-state index contributed by atoms with van der Waals surface area (Å²) in [7, 11) is 0. The second-order valence-electron chi connectivity index (χ2n) is 12.1. The van der Waals surface area contributed by atoms with E-state index in [0.29, 0.717) is 41.1 Å². The van der Waals surface area contributed by atoms with Crippen LogP contribution in [0.5, 0.6) is 0 Å². The van der Waals surface area contributed by atoms with Crippen molar-refractivity contribution in [2.45, 2.75) is 25.9 Å². The Morgan fingerprint density at radius 2 is 1.69 bits per heavy atom. The molecule has 2 aliphatic heterocycles. The summed E-state index contributed by atoms with van der Waals surface area (Å²) >= 11 is 0.879. The Hall–Kier alpha value is -5.39. The molecule has 0 saturated carbocycles. The number of thioether (sulfide) groups is 1. The Morgan fingerprint density at radius 1 is 0.918 bits per heavy atom. The highest BCUT2D eigenvalue weighted by Crippen LogP contribution is 2.29. The molecule has 0 bridgehead atoms. The first-order chi connectivity index (χ1) is 24.0. The number of benzene rings is 3. The quantitative estimate of drug-likeness (QED) is 0.155. The molecule has 3 N–H and O–H groups in total. The van der Waals surface area contributed by atoms with Gasteiger partial charge in [-0.3, -0.25) is 24.7 Å². The third-order valence-corrected chi connectivity index (χ3v) is 9.58. The largest absolute Gasteiger partial charge is 0.348 e. The van der Waals surface area contributed by atoms with E-state index in [9.17, 15) is 14.4 Å². The van der Waals surface area contributed by atoms with Crippen molar-refractivity contribution >= 4 is 51.6 Å². The summed E-state index contributed by atoms with van der Waals surface area (Å²) in [6, 6.07) is 29.6. The van der Waals surface area contributed by atoms with Gasteiger partial charge in [-0.05, 0) is 72.3 Å². The zero-order valence-electron chi connectivity index (χ0n) is 26.8. The molecule has 10 nitrogen and oxygen atoms in total. The standard InChI is InChI=1S/C38H35N7O3S/c46-35(41-23-25-8-2-1-3-9-25)31-13-7-6-12-30(31)32-20-27-10-4-5-11-29(27)33(43-32)24-39-22-26-15-18-45(19-16-26)37-40-17-14-28(42-37)21-34-36(47)44-38(48)49-34/h1-14,17,20-21,26,39H,15-16,18-19,22-24H2,(H,41,46)(H,44,47,48)/b34-21-. The van der Waals surface area contributed by atoms with Gasteiger partial charge in [0.05, 0.1) is 22.0 Å². The lowest BCUT2D eigenvalue weighted by molar-refractivity contribution is -0.115. The molecule has 0 radical (unpaired) electrons. The molecule has 0 atom stereocenters. The van der Waals surface area contributed by atoms with E-state index >= 15 is 0 Å². The Labute approximate surface area is 288 Å². The zero-order chi connectivity index (χ0) is 33.6. The van der Waals surface area contributed by atoms with Crippen LogP contribution < -0.4 is 20.9 Å². The Morgan fingerprint density at radius 3 is 2.51 bits per heavy atom. The van der Waals surface area contributed by atoms with Crippen molar-refractivity contribution in [3.8, 4) is 11.3 Å². The van der Waals surface area contributed by atoms with Crippen LogP contribution in [-0.2, 0) is 17.9 Å². The second kappa shape index (κ2) is 14.8. The molecule has 246 valence electrons. The number of carbonyl (C=O) groups is 3. The lowest BCUT2D eigenvalue weighted by atomic mass is 9.97. The monoisotopic (exact) mass is 669 g/mol. The molecule has 5 aromatic rings. The van der Waals surface area contributed by atoms with Crippen LogP contribution in [0, 0.1) is 5.92 Å². The molecule has 2 aliphatic rings. The molecule has 0 aliphatic carbocycles. The Balaban J connectivity index is 0.995. The molecular formula is C38H35N7O3S. The van der Waals surface area contributed by atoms with Crippen molar-refractivity contribution in [1.82, 2.24) is 30.9 Å². The summed E-state index contributed by atoms with van der Waals surface area (Å²) in [5.41, 5.74) is 4.75. The van der Waals surface area contributed by atoms with Crippen LogP contribution in [0.15, 0.2) is 102 Å². The maximum absolute atomic E-state index is 13.3. The maximum atomic E-state index is 13.3. The molecule has 49 heavy (non-hydrogen) atoms. The summed E-state index contributed by atoms with van der Waals surface area (Å²) in [6.45, 7) is 3.54. The molecule has 3 aromatic carbocycles. The molecule has 11 heteroatoms. The lowest BCUT2D eigenvalue weighted by Crippen LogP contribution is -2.38. The number of nitrogens with one attached hydrogen (secondary N) is 3. The summed E-state index contributed by atoms with van der Waals surface area (Å²) in [5, 5.41) is 10.8. The second-order valence-corrected chi connectivity index (χ2v) is 13.1. The maximum Gasteiger partial charge on any atom is 0.290 e. The van der Waals surface area contributed by atoms with Gasteiger partial charge in [0.1, 0.15) is 0 Å². The molecule has 7 rings (SSSR count). The van der Waals surface area contributed by atoms with Gasteiger partial charge in [0.2, 0.25) is 5.95 Å². The van der Waals surface area contributed by atoms with Crippen LogP contribution in [0.1, 0.15) is 40.2 Å². The zero-order valence-corrected chi connectivity index (χ0v) is 27.6. The molecule has 2 fully saturated rings. The Bertz CT molecular complexity index is 2040. The number of piperidine rings is 1. The number of carbonyl (C=O) groups excluding carboxylic acids is 3. The molecule has 2 saturated heterocycles. The lowest BCUT2D eigenvalue weighted by Gasteiger charge is -2.32. The van der Waals surface area contributed by atoms with Crippen molar-refractivity contribution in [2.24, 2.45) is 5.92 Å². The SMILES string of the molecule is O=C1NC(=O)/C(=C/c2ccnc(N3CCC(CNCc4nc(-c5ccccc5C(=O)NCc5ccccc5)cc5ccccc45)CC3)n2)S1. The Kier molecular flexibility index (Phi) is 9.72. The molecule has 4 heterocycles. The summed E-state index contributed by atoms with van der Waals surface area (Å²) < 4.78 is 0. The van der Waals surface area contributed by atoms with Gasteiger partial charge in [-0.15, -0.1) is 0 Å². The first kappa shape index (κ1) is 32.2. The van der Waals surface area contributed by atoms with Crippen molar-refractivity contribution in [1.29, 1.82) is 0 Å². The minimum absolute atomic E-state index is 0.133. The van der Waals surface area contributed by atoms with E-state index in [-0.39, 0.29) is 11.1 Å². The number of fused-ring (bicyclic) bond motifs is 1. The normalized spacial score (nSPS) is 15.9. The molecule has 3 amide bonds. The first-order valence-corrected chi connectivity index (χ1v) is 17.2. The number of hydrogen-bond acceptors (Lipinski definition) is 9. The van der Waals surface area contributed by atoms with E-state index in [1.807, 2.05) is 66.7 Å². The third kappa shape index (κ3) is 7.69. The fourth-order valence-corrected chi connectivity index (χ4v) is 6.87. The van der Waals surface area contributed by atoms with Gasteiger partial charge >= 0.3 is 0 Å². The van der Waals surface area contributed by atoms with E-state index in [0.717, 1.165) is 77.5 Å². The van der Waals surface area contributed by atoms with Gasteiger partial charge < -0.3 is 15.5 Å². The first-order valence-electron chi connectivity index (χ1n) is 16.3. The number of amides is 3. The van der Waals surface area contributed by atoms with Crippen LogP contribution in [-0.4, -0.2) is 51.6 Å².